The van der Waals surface area contributed by atoms with Gasteiger partial charge in [-0.1, -0.05) is 91.0 Å². The Balaban J connectivity index is 1.49. The highest BCUT2D eigenvalue weighted by atomic mass is 16.5. The summed E-state index contributed by atoms with van der Waals surface area (Å²) in [5.41, 5.74) is 6.80. The Morgan fingerprint density at radius 3 is 2.13 bits per heavy atom. The zero-order valence-corrected chi connectivity index (χ0v) is 21.2. The number of carbonyl (C=O) groups excluding carboxylic acids is 1. The summed E-state index contributed by atoms with van der Waals surface area (Å²) in [4.78, 5) is 19.1. The summed E-state index contributed by atoms with van der Waals surface area (Å²) < 4.78 is 6.24. The molecule has 1 aliphatic rings. The van der Waals surface area contributed by atoms with Crippen molar-refractivity contribution in [1.29, 1.82) is 0 Å². The van der Waals surface area contributed by atoms with Crippen LogP contribution in [0.15, 0.2) is 128 Å². The third-order valence-electron chi connectivity index (χ3n) is 7.48. The summed E-state index contributed by atoms with van der Waals surface area (Å²) in [6.07, 6.45) is 4.61. The average molecular weight is 497 g/mol. The fourth-order valence-corrected chi connectivity index (χ4v) is 5.53. The van der Waals surface area contributed by atoms with E-state index in [0.717, 1.165) is 51.2 Å². The molecule has 186 valence electrons. The number of para-hydroxylation sites is 1. The lowest BCUT2D eigenvalue weighted by Crippen LogP contribution is -2.33. The molecular weight excluding hydrogens is 468 g/mol. The number of rotatable bonds is 7. The van der Waals surface area contributed by atoms with Gasteiger partial charge >= 0.3 is 0 Å². The molecule has 1 atom stereocenters. The normalized spacial score (nSPS) is 16.1. The lowest BCUT2D eigenvalue weighted by Gasteiger charge is -2.34. The molecule has 38 heavy (non-hydrogen) atoms. The third-order valence-corrected chi connectivity index (χ3v) is 7.48. The van der Waals surface area contributed by atoms with E-state index in [9.17, 15) is 4.79 Å². The van der Waals surface area contributed by atoms with E-state index in [-0.39, 0.29) is 6.04 Å². The van der Waals surface area contributed by atoms with Crippen molar-refractivity contribution in [2.24, 2.45) is 0 Å². The quantitative estimate of drug-likeness (QED) is 0.224. The van der Waals surface area contributed by atoms with Crippen LogP contribution in [0.2, 0.25) is 0 Å². The number of pyridine rings is 1. The number of ether oxygens (including phenoxy) is 1. The highest BCUT2D eigenvalue weighted by Crippen LogP contribution is 2.48. The van der Waals surface area contributed by atoms with Gasteiger partial charge in [0.1, 0.15) is 12.4 Å². The second kappa shape index (κ2) is 9.98. The number of nitrogens with zero attached hydrogens (tertiary/aromatic N) is 2. The molecule has 6 rings (SSSR count). The maximum Gasteiger partial charge on any atom is 0.214 e. The minimum atomic E-state index is -0.455. The van der Waals surface area contributed by atoms with E-state index in [0.29, 0.717) is 6.61 Å². The molecule has 2 heterocycles. The van der Waals surface area contributed by atoms with Crippen LogP contribution in [0.1, 0.15) is 35.2 Å². The lowest BCUT2D eigenvalue weighted by atomic mass is 9.76. The summed E-state index contributed by atoms with van der Waals surface area (Å²) in [7, 11) is 0. The largest absolute Gasteiger partial charge is 0.492 e. The molecule has 0 spiro atoms. The lowest BCUT2D eigenvalue weighted by molar-refractivity contribution is -0.107. The van der Waals surface area contributed by atoms with E-state index >= 15 is 0 Å². The molecule has 0 bridgehead atoms. The van der Waals surface area contributed by atoms with Crippen LogP contribution in [0.25, 0.3) is 11.1 Å². The number of amides is 1. The number of hydrogen-bond donors (Lipinski definition) is 0. The fourth-order valence-electron chi connectivity index (χ4n) is 5.53. The smallest absolute Gasteiger partial charge is 0.214 e. The standard InChI is InChI=1S/C34H28N2O2/c1-34(23-38-32-19-18-27(21-30(32)34)28-15-10-20-35-22-28)29-16-8-9-17-31(29)36(24-37)33(25-11-4-2-5-12-25)26-13-6-3-7-14-26/h2-22,24,33H,23H2,1H3. The van der Waals surface area contributed by atoms with Crippen LogP contribution in [-0.2, 0) is 10.2 Å². The molecule has 5 aromatic rings. The van der Waals surface area contributed by atoms with Crippen LogP contribution in [0.5, 0.6) is 5.75 Å². The minimum absolute atomic E-state index is 0.275. The van der Waals surface area contributed by atoms with Crippen molar-refractivity contribution in [3.63, 3.8) is 0 Å². The number of aromatic nitrogens is 1. The first-order chi connectivity index (χ1) is 18.7. The number of hydrogen-bond acceptors (Lipinski definition) is 3. The van der Waals surface area contributed by atoms with Gasteiger partial charge in [0.25, 0.3) is 0 Å². The Morgan fingerprint density at radius 2 is 1.47 bits per heavy atom. The molecule has 0 saturated carbocycles. The summed E-state index contributed by atoms with van der Waals surface area (Å²) in [6, 6.07) is 38.6. The maximum absolute atomic E-state index is 12.9. The third kappa shape index (κ3) is 4.14. The molecule has 1 unspecified atom stereocenters. The second-order valence-corrected chi connectivity index (χ2v) is 9.83. The Hall–Kier alpha value is -4.70. The zero-order chi connectivity index (χ0) is 26.0. The SMILES string of the molecule is CC1(c2ccccc2N(C=O)C(c2ccccc2)c2ccccc2)COc2ccc(-c3cccnc3)cc21. The molecule has 0 saturated heterocycles. The minimum Gasteiger partial charge on any atom is -0.492 e. The van der Waals surface area contributed by atoms with Crippen molar-refractivity contribution in [3.05, 3.63) is 150 Å². The predicted octanol–water partition coefficient (Wildman–Crippen LogP) is 7.20. The van der Waals surface area contributed by atoms with Crippen molar-refractivity contribution in [3.8, 4) is 16.9 Å². The van der Waals surface area contributed by atoms with Gasteiger partial charge in [-0.15, -0.1) is 0 Å². The van der Waals surface area contributed by atoms with Gasteiger partial charge in [0, 0.05) is 29.2 Å². The molecule has 0 N–H and O–H groups in total. The Bertz CT molecular complexity index is 1510. The summed E-state index contributed by atoms with van der Waals surface area (Å²) in [5, 5.41) is 0. The molecule has 1 aromatic heterocycles. The first-order valence-corrected chi connectivity index (χ1v) is 12.8. The summed E-state index contributed by atoms with van der Waals surface area (Å²) in [6.45, 7) is 2.69. The van der Waals surface area contributed by atoms with Crippen molar-refractivity contribution < 1.29 is 9.53 Å². The maximum atomic E-state index is 12.9. The number of anilines is 1. The number of benzene rings is 4. The molecule has 4 heteroatoms. The van der Waals surface area contributed by atoms with E-state index in [1.54, 1.807) is 6.20 Å². The topological polar surface area (TPSA) is 42.4 Å². The van der Waals surface area contributed by atoms with Crippen LogP contribution < -0.4 is 9.64 Å². The molecular formula is C34H28N2O2. The Morgan fingerprint density at radius 1 is 0.789 bits per heavy atom. The van der Waals surface area contributed by atoms with Crippen molar-refractivity contribution >= 4 is 12.1 Å². The average Bonchev–Trinajstić information content (AvgIpc) is 3.34. The molecule has 4 aromatic carbocycles. The van der Waals surface area contributed by atoms with Crippen molar-refractivity contribution in [2.75, 3.05) is 11.5 Å². The van der Waals surface area contributed by atoms with Crippen LogP contribution in [0, 0.1) is 0 Å². The highest BCUT2D eigenvalue weighted by Gasteiger charge is 2.41. The van der Waals surface area contributed by atoms with Crippen molar-refractivity contribution in [1.82, 2.24) is 4.98 Å². The molecule has 0 fully saturated rings. The summed E-state index contributed by atoms with van der Waals surface area (Å²) >= 11 is 0. The van der Waals surface area contributed by atoms with E-state index in [1.165, 1.54) is 0 Å². The van der Waals surface area contributed by atoms with E-state index in [1.807, 2.05) is 77.8 Å². The number of fused-ring (bicyclic) bond motifs is 1. The Kier molecular flexibility index (Phi) is 6.22. The van der Waals surface area contributed by atoms with Gasteiger partial charge in [0.2, 0.25) is 6.41 Å². The number of carbonyl (C=O) groups is 1. The molecule has 0 aliphatic carbocycles. The van der Waals surface area contributed by atoms with Gasteiger partial charge in [-0.05, 0) is 53.4 Å². The highest BCUT2D eigenvalue weighted by molar-refractivity contribution is 5.81. The summed E-state index contributed by atoms with van der Waals surface area (Å²) in [5.74, 6) is 0.871. The van der Waals surface area contributed by atoms with Gasteiger partial charge < -0.3 is 9.64 Å². The van der Waals surface area contributed by atoms with Gasteiger partial charge in [-0.3, -0.25) is 9.78 Å². The van der Waals surface area contributed by atoms with Crippen LogP contribution in [-0.4, -0.2) is 18.0 Å². The predicted molar refractivity (Wildman–Crippen MR) is 151 cm³/mol. The monoisotopic (exact) mass is 496 g/mol. The van der Waals surface area contributed by atoms with Crippen molar-refractivity contribution in [2.45, 2.75) is 18.4 Å². The van der Waals surface area contributed by atoms with Gasteiger partial charge in [0.15, 0.2) is 0 Å². The van der Waals surface area contributed by atoms with Gasteiger partial charge in [0.05, 0.1) is 11.5 Å². The molecule has 1 aliphatic heterocycles. The van der Waals surface area contributed by atoms with Crippen LogP contribution >= 0.6 is 0 Å². The van der Waals surface area contributed by atoms with Gasteiger partial charge in [-0.25, -0.2) is 0 Å². The Labute approximate surface area is 223 Å². The van der Waals surface area contributed by atoms with E-state index < -0.39 is 5.41 Å². The molecule has 4 nitrogen and oxygen atoms in total. The fraction of sp³-hybridized carbons (Fsp3) is 0.118. The zero-order valence-electron chi connectivity index (χ0n) is 21.2. The van der Waals surface area contributed by atoms with E-state index in [2.05, 4.69) is 60.4 Å². The first-order valence-electron chi connectivity index (χ1n) is 12.8. The second-order valence-electron chi connectivity index (χ2n) is 9.83. The first kappa shape index (κ1) is 23.7. The molecule has 0 radical (unpaired) electrons. The molecule has 1 amide bonds. The van der Waals surface area contributed by atoms with Crippen LogP contribution in [0.4, 0.5) is 5.69 Å². The van der Waals surface area contributed by atoms with Gasteiger partial charge in [-0.2, -0.15) is 0 Å². The van der Waals surface area contributed by atoms with Crippen LogP contribution in [0.3, 0.4) is 0 Å². The van der Waals surface area contributed by atoms with E-state index in [4.69, 9.17) is 4.74 Å².